The summed E-state index contributed by atoms with van der Waals surface area (Å²) in [6.07, 6.45) is -0.524. The topological polar surface area (TPSA) is 92.9 Å². The lowest BCUT2D eigenvalue weighted by atomic mass is 9.81. The van der Waals surface area contributed by atoms with Crippen molar-refractivity contribution in [3.8, 4) is 0 Å². The van der Waals surface area contributed by atoms with Crippen molar-refractivity contribution < 1.29 is 19.6 Å². The molecule has 1 saturated heterocycles. The second kappa shape index (κ2) is 5.73. The standard InChI is InChI=1S/C12H22N2O5/c1-8(2)5-19-11(15)13-6-12(16,7-13)10(9(3)4)14(17)18/h8-10,16H,5-7H2,1-4H3. The molecule has 0 bridgehead atoms. The highest BCUT2D eigenvalue weighted by Crippen LogP contribution is 2.30. The van der Waals surface area contributed by atoms with Gasteiger partial charge in [0.2, 0.25) is 6.04 Å². The number of hydrogen-bond donors (Lipinski definition) is 1. The van der Waals surface area contributed by atoms with Crippen molar-refractivity contribution in [3.05, 3.63) is 10.1 Å². The van der Waals surface area contributed by atoms with Crippen LogP contribution in [0, 0.1) is 22.0 Å². The van der Waals surface area contributed by atoms with E-state index < -0.39 is 22.7 Å². The van der Waals surface area contributed by atoms with Gasteiger partial charge in [-0.05, 0) is 5.92 Å². The molecule has 0 spiro atoms. The molecule has 1 N–H and O–H groups in total. The zero-order chi connectivity index (χ0) is 14.8. The zero-order valence-electron chi connectivity index (χ0n) is 11.8. The predicted octanol–water partition coefficient (Wildman–Crippen LogP) is 1.13. The number of β-amino-alcohol motifs (C(OH)–C–C–N with tert-alkyl or cyclic N) is 1. The predicted molar refractivity (Wildman–Crippen MR) is 68.3 cm³/mol. The summed E-state index contributed by atoms with van der Waals surface area (Å²) in [7, 11) is 0. The van der Waals surface area contributed by atoms with Crippen LogP contribution in [0.2, 0.25) is 0 Å². The molecular weight excluding hydrogens is 252 g/mol. The second-order valence-corrected chi connectivity index (χ2v) is 5.90. The first-order chi connectivity index (χ1) is 8.67. The van der Waals surface area contributed by atoms with Crippen molar-refractivity contribution in [2.45, 2.75) is 39.3 Å². The summed E-state index contributed by atoms with van der Waals surface area (Å²) in [6, 6.07) is -1.07. The molecule has 1 fully saturated rings. The number of amides is 1. The van der Waals surface area contributed by atoms with E-state index in [2.05, 4.69) is 0 Å². The van der Waals surface area contributed by atoms with Gasteiger partial charge in [-0.2, -0.15) is 0 Å². The van der Waals surface area contributed by atoms with E-state index in [0.717, 1.165) is 0 Å². The Morgan fingerprint density at radius 3 is 2.32 bits per heavy atom. The molecule has 19 heavy (non-hydrogen) atoms. The number of rotatable bonds is 5. The SMILES string of the molecule is CC(C)COC(=O)N1CC(O)(C(C(C)C)[N+](=O)[O-])C1. The molecule has 1 aliphatic rings. The van der Waals surface area contributed by atoms with Crippen LogP contribution in [0.25, 0.3) is 0 Å². The van der Waals surface area contributed by atoms with E-state index in [-0.39, 0.29) is 24.9 Å². The third-order valence-electron chi connectivity index (χ3n) is 3.14. The quantitative estimate of drug-likeness (QED) is 0.599. The fraction of sp³-hybridized carbons (Fsp3) is 0.917. The smallest absolute Gasteiger partial charge is 0.409 e. The Morgan fingerprint density at radius 1 is 1.42 bits per heavy atom. The molecule has 1 aliphatic heterocycles. The van der Waals surface area contributed by atoms with Crippen LogP contribution >= 0.6 is 0 Å². The van der Waals surface area contributed by atoms with Gasteiger partial charge in [-0.3, -0.25) is 10.1 Å². The molecule has 0 aromatic rings. The van der Waals surface area contributed by atoms with Gasteiger partial charge in [0.1, 0.15) is 0 Å². The van der Waals surface area contributed by atoms with Crippen molar-refractivity contribution in [1.82, 2.24) is 4.90 Å². The van der Waals surface area contributed by atoms with Crippen LogP contribution in [0.4, 0.5) is 4.79 Å². The van der Waals surface area contributed by atoms with E-state index >= 15 is 0 Å². The van der Waals surface area contributed by atoms with Crippen molar-refractivity contribution in [2.75, 3.05) is 19.7 Å². The summed E-state index contributed by atoms with van der Waals surface area (Å²) < 4.78 is 5.01. The zero-order valence-corrected chi connectivity index (χ0v) is 11.8. The minimum atomic E-state index is -1.45. The van der Waals surface area contributed by atoms with Gasteiger partial charge in [0.05, 0.1) is 19.7 Å². The molecule has 110 valence electrons. The molecule has 1 rings (SSSR count). The van der Waals surface area contributed by atoms with Crippen LogP contribution in [0.1, 0.15) is 27.7 Å². The molecule has 7 nitrogen and oxygen atoms in total. The average molecular weight is 274 g/mol. The van der Waals surface area contributed by atoms with Crippen LogP contribution < -0.4 is 0 Å². The van der Waals surface area contributed by atoms with E-state index in [0.29, 0.717) is 6.61 Å². The summed E-state index contributed by atoms with van der Waals surface area (Å²) in [5, 5.41) is 21.2. The van der Waals surface area contributed by atoms with Gasteiger partial charge in [-0.15, -0.1) is 0 Å². The third kappa shape index (κ3) is 3.56. The Hall–Kier alpha value is -1.37. The lowest BCUT2D eigenvalue weighted by Gasteiger charge is -2.46. The molecule has 0 aliphatic carbocycles. The largest absolute Gasteiger partial charge is 0.449 e. The van der Waals surface area contributed by atoms with Gasteiger partial charge < -0.3 is 14.7 Å². The molecule has 7 heteroatoms. The third-order valence-corrected chi connectivity index (χ3v) is 3.14. The lowest BCUT2D eigenvalue weighted by Crippen LogP contribution is -2.71. The molecule has 1 unspecified atom stereocenters. The average Bonchev–Trinajstić information content (AvgIpc) is 2.20. The number of nitro groups is 1. The minimum absolute atomic E-state index is 0.0479. The van der Waals surface area contributed by atoms with Gasteiger partial charge in [0.25, 0.3) is 0 Å². The molecule has 0 saturated carbocycles. The molecular formula is C12H22N2O5. The van der Waals surface area contributed by atoms with Crippen molar-refractivity contribution in [1.29, 1.82) is 0 Å². The molecule has 1 atom stereocenters. The highest BCUT2D eigenvalue weighted by atomic mass is 16.6. The van der Waals surface area contributed by atoms with Crippen LogP contribution in [-0.4, -0.2) is 52.4 Å². The minimum Gasteiger partial charge on any atom is -0.449 e. The number of ether oxygens (including phenoxy) is 1. The number of nitrogens with zero attached hydrogens (tertiary/aromatic N) is 2. The maximum Gasteiger partial charge on any atom is 0.409 e. The van der Waals surface area contributed by atoms with Crippen LogP contribution in [0.5, 0.6) is 0 Å². The maximum atomic E-state index is 11.6. The molecule has 1 amide bonds. The summed E-state index contributed by atoms with van der Waals surface area (Å²) in [4.78, 5) is 23.4. The Bertz CT molecular complexity index is 350. The number of aliphatic hydroxyl groups is 1. The number of likely N-dealkylation sites (tertiary alicyclic amines) is 1. The lowest BCUT2D eigenvalue weighted by molar-refractivity contribution is -0.559. The van der Waals surface area contributed by atoms with E-state index in [9.17, 15) is 20.0 Å². The highest BCUT2D eigenvalue weighted by Gasteiger charge is 2.57. The van der Waals surface area contributed by atoms with E-state index in [1.807, 2.05) is 13.8 Å². The van der Waals surface area contributed by atoms with Gasteiger partial charge in [-0.25, -0.2) is 4.79 Å². The highest BCUT2D eigenvalue weighted by molar-refractivity contribution is 5.69. The van der Waals surface area contributed by atoms with Gasteiger partial charge in [0.15, 0.2) is 5.60 Å². The summed E-state index contributed by atoms with van der Waals surface area (Å²) in [5.41, 5.74) is -1.45. The summed E-state index contributed by atoms with van der Waals surface area (Å²) in [5.74, 6) is -0.0693. The molecule has 0 aromatic carbocycles. The normalized spacial score (nSPS) is 19.2. The van der Waals surface area contributed by atoms with Crippen LogP contribution in [0.15, 0.2) is 0 Å². The number of carbonyl (C=O) groups is 1. The Kier molecular flexibility index (Phi) is 4.73. The fourth-order valence-corrected chi connectivity index (χ4v) is 2.32. The molecule has 0 aromatic heterocycles. The monoisotopic (exact) mass is 274 g/mol. The summed E-state index contributed by atoms with van der Waals surface area (Å²) in [6.45, 7) is 7.41. The van der Waals surface area contributed by atoms with Gasteiger partial charge >= 0.3 is 6.09 Å². The maximum absolute atomic E-state index is 11.6. The van der Waals surface area contributed by atoms with Crippen LogP contribution in [0.3, 0.4) is 0 Å². The van der Waals surface area contributed by atoms with E-state index in [1.54, 1.807) is 13.8 Å². The Morgan fingerprint density at radius 2 is 1.95 bits per heavy atom. The van der Waals surface area contributed by atoms with Crippen molar-refractivity contribution in [3.63, 3.8) is 0 Å². The van der Waals surface area contributed by atoms with Crippen LogP contribution in [-0.2, 0) is 4.74 Å². The van der Waals surface area contributed by atoms with Crippen molar-refractivity contribution in [2.24, 2.45) is 11.8 Å². The summed E-state index contributed by atoms with van der Waals surface area (Å²) >= 11 is 0. The van der Waals surface area contributed by atoms with Gasteiger partial charge in [0, 0.05) is 10.8 Å². The van der Waals surface area contributed by atoms with E-state index in [4.69, 9.17) is 4.74 Å². The Labute approximate surface area is 112 Å². The van der Waals surface area contributed by atoms with E-state index in [1.165, 1.54) is 4.90 Å². The van der Waals surface area contributed by atoms with Gasteiger partial charge in [-0.1, -0.05) is 27.7 Å². The Balaban J connectivity index is 2.54. The fourth-order valence-electron chi connectivity index (χ4n) is 2.32. The molecule has 0 radical (unpaired) electrons. The molecule has 1 heterocycles. The first-order valence-corrected chi connectivity index (χ1v) is 6.45. The first kappa shape index (κ1) is 15.7. The number of carbonyl (C=O) groups excluding carboxylic acids is 1. The number of hydrogen-bond acceptors (Lipinski definition) is 5. The second-order valence-electron chi connectivity index (χ2n) is 5.90. The van der Waals surface area contributed by atoms with Crippen molar-refractivity contribution >= 4 is 6.09 Å². The first-order valence-electron chi connectivity index (χ1n) is 6.45.